The van der Waals surface area contributed by atoms with Crippen molar-refractivity contribution in [3.8, 4) is 0 Å². The Morgan fingerprint density at radius 2 is 1.74 bits per heavy atom. The second-order valence-corrected chi connectivity index (χ2v) is 11.6. The molecule has 0 N–H and O–H groups in total. The van der Waals surface area contributed by atoms with Crippen LogP contribution in [0.3, 0.4) is 0 Å². The van der Waals surface area contributed by atoms with E-state index in [-0.39, 0.29) is 23.9 Å². The van der Waals surface area contributed by atoms with Gasteiger partial charge in [-0.25, -0.2) is 0 Å². The fraction of sp³-hybridized carbons (Fsp3) is 0.893. The highest BCUT2D eigenvalue weighted by Gasteiger charge is 2.52. The SMILES string of the molecule is CCCCC(CC)COC(=O)C(C)(CC)C(C)(C)CC(C)(CC(C)N1CCCC1=O)C(=O)OC. The first-order chi connectivity index (χ1) is 15.8. The van der Waals surface area contributed by atoms with E-state index in [1.54, 1.807) is 0 Å². The molecular weight excluding hydrogens is 430 g/mol. The van der Waals surface area contributed by atoms with Gasteiger partial charge in [0.15, 0.2) is 0 Å². The molecular formula is C28H51NO5. The summed E-state index contributed by atoms with van der Waals surface area (Å²) in [5, 5.41) is 0. The van der Waals surface area contributed by atoms with E-state index in [9.17, 15) is 14.4 Å². The molecule has 1 saturated heterocycles. The number of carbonyl (C=O) groups is 3. The summed E-state index contributed by atoms with van der Waals surface area (Å²) in [4.78, 5) is 40.7. The number of hydrogen-bond acceptors (Lipinski definition) is 5. The summed E-state index contributed by atoms with van der Waals surface area (Å²) in [6.45, 7) is 17.5. The zero-order valence-corrected chi connectivity index (χ0v) is 23.4. The zero-order chi connectivity index (χ0) is 26.2. The lowest BCUT2D eigenvalue weighted by Gasteiger charge is -2.46. The van der Waals surface area contributed by atoms with Gasteiger partial charge in [0, 0.05) is 19.0 Å². The standard InChI is InChI=1S/C28H51NO5/c1-10-13-15-22(11-2)19-34-25(32)28(8,12-3)26(5,6)20-27(7,24(31)33-9)18-21(4)29-17-14-16-23(29)30/h21-22H,10-20H2,1-9H3. The van der Waals surface area contributed by atoms with Gasteiger partial charge in [0.1, 0.15) is 0 Å². The van der Waals surface area contributed by atoms with E-state index >= 15 is 0 Å². The number of esters is 2. The van der Waals surface area contributed by atoms with Crippen LogP contribution in [-0.4, -0.2) is 49.0 Å². The first-order valence-electron chi connectivity index (χ1n) is 13.4. The number of ether oxygens (including phenoxy) is 2. The molecule has 1 heterocycles. The summed E-state index contributed by atoms with van der Waals surface area (Å²) < 4.78 is 11.1. The van der Waals surface area contributed by atoms with Gasteiger partial charge in [0.2, 0.25) is 5.91 Å². The van der Waals surface area contributed by atoms with Gasteiger partial charge in [-0.05, 0) is 64.2 Å². The molecule has 198 valence electrons. The predicted octanol–water partition coefficient (Wildman–Crippen LogP) is 6.16. The Balaban J connectivity index is 3.07. The van der Waals surface area contributed by atoms with Gasteiger partial charge in [-0.2, -0.15) is 0 Å². The molecule has 0 bridgehead atoms. The van der Waals surface area contributed by atoms with Crippen molar-refractivity contribution in [1.29, 1.82) is 0 Å². The van der Waals surface area contributed by atoms with Crippen LogP contribution in [0.5, 0.6) is 0 Å². The average Bonchev–Trinajstić information content (AvgIpc) is 3.23. The summed E-state index contributed by atoms with van der Waals surface area (Å²) in [7, 11) is 1.41. The van der Waals surface area contributed by atoms with Crippen LogP contribution in [0.15, 0.2) is 0 Å². The van der Waals surface area contributed by atoms with Gasteiger partial charge in [-0.15, -0.1) is 0 Å². The molecule has 6 nitrogen and oxygen atoms in total. The van der Waals surface area contributed by atoms with Crippen LogP contribution in [0.2, 0.25) is 0 Å². The maximum atomic E-state index is 13.4. The van der Waals surface area contributed by atoms with Crippen molar-refractivity contribution in [3.05, 3.63) is 0 Å². The summed E-state index contributed by atoms with van der Waals surface area (Å²) in [5.41, 5.74) is -2.11. The fourth-order valence-electron chi connectivity index (χ4n) is 5.69. The summed E-state index contributed by atoms with van der Waals surface area (Å²) in [6, 6.07) is -0.0707. The van der Waals surface area contributed by atoms with E-state index in [2.05, 4.69) is 27.7 Å². The van der Waals surface area contributed by atoms with E-state index < -0.39 is 16.2 Å². The van der Waals surface area contributed by atoms with Crippen molar-refractivity contribution in [3.63, 3.8) is 0 Å². The van der Waals surface area contributed by atoms with Crippen LogP contribution < -0.4 is 0 Å². The highest BCUT2D eigenvalue weighted by atomic mass is 16.5. The lowest BCUT2D eigenvalue weighted by Crippen LogP contribution is -2.49. The Morgan fingerprint density at radius 3 is 2.21 bits per heavy atom. The first kappa shape index (κ1) is 30.4. The number of nitrogens with zero attached hydrogens (tertiary/aromatic N) is 1. The normalized spacial score (nSPS) is 19.8. The summed E-state index contributed by atoms with van der Waals surface area (Å²) >= 11 is 0. The third-order valence-corrected chi connectivity index (χ3v) is 8.54. The number of hydrogen-bond donors (Lipinski definition) is 0. The fourth-order valence-corrected chi connectivity index (χ4v) is 5.69. The molecule has 0 aromatic carbocycles. The third-order valence-electron chi connectivity index (χ3n) is 8.54. The van der Waals surface area contributed by atoms with Crippen molar-refractivity contribution >= 4 is 17.8 Å². The van der Waals surface area contributed by atoms with E-state index in [1.165, 1.54) is 7.11 Å². The van der Waals surface area contributed by atoms with Crippen LogP contribution >= 0.6 is 0 Å². The molecule has 1 amide bonds. The van der Waals surface area contributed by atoms with Gasteiger partial charge in [0.05, 0.1) is 24.5 Å². The van der Waals surface area contributed by atoms with Crippen LogP contribution in [0, 0.1) is 22.2 Å². The Hall–Kier alpha value is -1.59. The molecule has 0 radical (unpaired) electrons. The molecule has 4 atom stereocenters. The quantitative estimate of drug-likeness (QED) is 0.262. The monoisotopic (exact) mass is 481 g/mol. The third kappa shape index (κ3) is 7.21. The van der Waals surface area contributed by atoms with Gasteiger partial charge < -0.3 is 14.4 Å². The number of carbonyl (C=O) groups excluding carboxylic acids is 3. The maximum Gasteiger partial charge on any atom is 0.312 e. The van der Waals surface area contributed by atoms with Crippen LogP contribution in [0.1, 0.15) is 113 Å². The molecule has 1 aliphatic heterocycles. The summed E-state index contributed by atoms with van der Waals surface area (Å²) in [6.07, 6.45) is 7.35. The molecule has 34 heavy (non-hydrogen) atoms. The highest BCUT2D eigenvalue weighted by Crippen LogP contribution is 2.51. The number of amides is 1. The second-order valence-electron chi connectivity index (χ2n) is 11.6. The molecule has 0 aromatic rings. The molecule has 1 rings (SSSR count). The number of methoxy groups -OCH3 is 1. The maximum absolute atomic E-state index is 13.4. The van der Waals surface area contributed by atoms with Crippen molar-refractivity contribution in [2.75, 3.05) is 20.3 Å². The average molecular weight is 482 g/mol. The zero-order valence-electron chi connectivity index (χ0n) is 23.4. The van der Waals surface area contributed by atoms with Gasteiger partial charge >= 0.3 is 11.9 Å². The molecule has 4 unspecified atom stereocenters. The minimum absolute atomic E-state index is 0.0707. The van der Waals surface area contributed by atoms with E-state index in [1.807, 2.05) is 32.6 Å². The van der Waals surface area contributed by atoms with E-state index in [0.717, 1.165) is 38.6 Å². The Labute approximate surface area is 208 Å². The molecule has 0 aliphatic carbocycles. The number of rotatable bonds is 15. The topological polar surface area (TPSA) is 72.9 Å². The largest absolute Gasteiger partial charge is 0.469 e. The minimum Gasteiger partial charge on any atom is -0.469 e. The van der Waals surface area contributed by atoms with E-state index in [0.29, 0.717) is 38.2 Å². The molecule has 1 aliphatic rings. The van der Waals surface area contributed by atoms with Crippen molar-refractivity contribution in [2.24, 2.45) is 22.2 Å². The Morgan fingerprint density at radius 1 is 1.09 bits per heavy atom. The summed E-state index contributed by atoms with van der Waals surface area (Å²) in [5.74, 6) is 0.0447. The second kappa shape index (κ2) is 12.9. The number of likely N-dealkylation sites (tertiary alicyclic amines) is 1. The predicted molar refractivity (Wildman–Crippen MR) is 136 cm³/mol. The van der Waals surface area contributed by atoms with Crippen LogP contribution in [-0.2, 0) is 23.9 Å². The molecule has 0 aromatic heterocycles. The van der Waals surface area contributed by atoms with Crippen LogP contribution in [0.25, 0.3) is 0 Å². The molecule has 6 heteroatoms. The smallest absolute Gasteiger partial charge is 0.312 e. The first-order valence-corrected chi connectivity index (χ1v) is 13.4. The van der Waals surface area contributed by atoms with Gasteiger partial charge in [-0.1, -0.05) is 53.9 Å². The number of unbranched alkanes of at least 4 members (excludes halogenated alkanes) is 1. The van der Waals surface area contributed by atoms with Gasteiger partial charge in [-0.3, -0.25) is 14.4 Å². The minimum atomic E-state index is -0.829. The van der Waals surface area contributed by atoms with Crippen molar-refractivity contribution in [1.82, 2.24) is 4.90 Å². The van der Waals surface area contributed by atoms with Crippen molar-refractivity contribution in [2.45, 2.75) is 119 Å². The van der Waals surface area contributed by atoms with Crippen LogP contribution in [0.4, 0.5) is 0 Å². The Bertz CT molecular complexity index is 690. The molecule has 1 fully saturated rings. The Kier molecular flexibility index (Phi) is 11.6. The lowest BCUT2D eigenvalue weighted by atomic mass is 9.58. The van der Waals surface area contributed by atoms with Crippen molar-refractivity contribution < 1.29 is 23.9 Å². The van der Waals surface area contributed by atoms with E-state index in [4.69, 9.17) is 9.47 Å². The molecule has 0 saturated carbocycles. The highest BCUT2D eigenvalue weighted by molar-refractivity contribution is 5.80. The van der Waals surface area contributed by atoms with Gasteiger partial charge in [0.25, 0.3) is 0 Å². The lowest BCUT2D eigenvalue weighted by molar-refractivity contribution is -0.170. The molecule has 0 spiro atoms.